The molecule has 1 heterocycles. The average molecular weight is 380 g/mol. The van der Waals surface area contributed by atoms with E-state index in [1.165, 1.54) is 12.1 Å². The Labute approximate surface area is 156 Å². The predicted molar refractivity (Wildman–Crippen MR) is 98.1 cm³/mol. The van der Waals surface area contributed by atoms with Crippen molar-refractivity contribution in [3.63, 3.8) is 0 Å². The molecule has 4 nitrogen and oxygen atoms in total. The zero-order chi connectivity index (χ0) is 19.4. The molecule has 0 spiro atoms. The highest BCUT2D eigenvalue weighted by Gasteiger charge is 2.30. The van der Waals surface area contributed by atoms with E-state index in [4.69, 9.17) is 4.74 Å². The minimum atomic E-state index is -4.36. The molecule has 0 aromatic heterocycles. The Morgan fingerprint density at radius 3 is 2.07 bits per heavy atom. The molecule has 1 aliphatic heterocycles. The smallest absolute Gasteiger partial charge is 0.416 e. The van der Waals surface area contributed by atoms with Crippen LogP contribution in [0.15, 0.2) is 48.5 Å². The van der Waals surface area contributed by atoms with Crippen LogP contribution in [-0.2, 0) is 6.18 Å². The van der Waals surface area contributed by atoms with E-state index in [-0.39, 0.29) is 0 Å². The summed E-state index contributed by atoms with van der Waals surface area (Å²) >= 11 is 0. The molecule has 1 atom stereocenters. The van der Waals surface area contributed by atoms with Crippen molar-refractivity contribution < 1.29 is 23.0 Å². The van der Waals surface area contributed by atoms with Crippen LogP contribution in [0.1, 0.15) is 17.2 Å². The number of rotatable bonds is 5. The molecule has 2 aromatic carbocycles. The van der Waals surface area contributed by atoms with Gasteiger partial charge < -0.3 is 14.7 Å². The van der Waals surface area contributed by atoms with Crippen LogP contribution in [0.25, 0.3) is 0 Å². The molecular formula is C20H23F3N2O2. The highest BCUT2D eigenvalue weighted by Crippen LogP contribution is 2.30. The lowest BCUT2D eigenvalue weighted by molar-refractivity contribution is -0.137. The summed E-state index contributed by atoms with van der Waals surface area (Å²) in [5.41, 5.74) is 0.922. The van der Waals surface area contributed by atoms with Crippen LogP contribution in [0.3, 0.4) is 0 Å². The Bertz CT molecular complexity index is 724. The van der Waals surface area contributed by atoms with Crippen molar-refractivity contribution in [2.45, 2.75) is 12.3 Å². The number of piperazine rings is 1. The van der Waals surface area contributed by atoms with E-state index in [0.717, 1.165) is 49.7 Å². The van der Waals surface area contributed by atoms with Gasteiger partial charge >= 0.3 is 6.18 Å². The summed E-state index contributed by atoms with van der Waals surface area (Å²) in [6, 6.07) is 12.6. The zero-order valence-electron chi connectivity index (χ0n) is 15.1. The molecule has 1 saturated heterocycles. The van der Waals surface area contributed by atoms with Crippen molar-refractivity contribution in [3.8, 4) is 5.75 Å². The van der Waals surface area contributed by atoms with Crippen LogP contribution in [0.5, 0.6) is 5.75 Å². The molecule has 1 unspecified atom stereocenters. The van der Waals surface area contributed by atoms with E-state index in [0.29, 0.717) is 12.1 Å². The number of hydrogen-bond acceptors (Lipinski definition) is 4. The molecule has 1 fully saturated rings. The minimum Gasteiger partial charge on any atom is -0.497 e. The van der Waals surface area contributed by atoms with Crippen molar-refractivity contribution >= 4 is 5.69 Å². The lowest BCUT2D eigenvalue weighted by atomic mass is 10.1. The Hall–Kier alpha value is -2.25. The number of halogens is 3. The molecule has 3 rings (SSSR count). The normalized spacial score (nSPS) is 17.0. The first kappa shape index (κ1) is 19.5. The largest absolute Gasteiger partial charge is 0.497 e. The van der Waals surface area contributed by atoms with Gasteiger partial charge in [-0.05, 0) is 42.0 Å². The summed E-state index contributed by atoms with van der Waals surface area (Å²) in [5.74, 6) is 0.817. The van der Waals surface area contributed by atoms with Gasteiger partial charge in [-0.3, -0.25) is 4.90 Å². The van der Waals surface area contributed by atoms with Gasteiger partial charge in [-0.15, -0.1) is 0 Å². The summed E-state index contributed by atoms with van der Waals surface area (Å²) in [4.78, 5) is 4.39. The molecule has 0 bridgehead atoms. The molecule has 1 N–H and O–H groups in total. The number of aliphatic hydroxyl groups excluding tert-OH is 1. The molecule has 2 aromatic rings. The summed E-state index contributed by atoms with van der Waals surface area (Å²) in [6.45, 7) is 3.62. The van der Waals surface area contributed by atoms with Gasteiger partial charge in [0.15, 0.2) is 0 Å². The first-order valence-electron chi connectivity index (χ1n) is 8.83. The Morgan fingerprint density at radius 2 is 1.56 bits per heavy atom. The number of nitrogens with zero attached hydrogens (tertiary/aromatic N) is 2. The molecule has 7 heteroatoms. The molecular weight excluding hydrogens is 357 g/mol. The van der Waals surface area contributed by atoms with Gasteiger partial charge in [0.25, 0.3) is 0 Å². The number of hydrogen-bond donors (Lipinski definition) is 1. The second-order valence-electron chi connectivity index (χ2n) is 6.62. The Balaban J connectivity index is 1.52. The lowest BCUT2D eigenvalue weighted by Gasteiger charge is -2.37. The average Bonchev–Trinajstić information content (AvgIpc) is 2.68. The minimum absolute atomic E-state index is 0.405. The van der Waals surface area contributed by atoms with E-state index in [1.807, 2.05) is 24.3 Å². The van der Waals surface area contributed by atoms with Crippen LogP contribution < -0.4 is 9.64 Å². The van der Waals surface area contributed by atoms with E-state index in [9.17, 15) is 18.3 Å². The van der Waals surface area contributed by atoms with Crippen molar-refractivity contribution in [3.05, 3.63) is 59.7 Å². The molecule has 0 saturated carbocycles. The van der Waals surface area contributed by atoms with Gasteiger partial charge in [0.2, 0.25) is 0 Å². The maximum absolute atomic E-state index is 12.6. The van der Waals surface area contributed by atoms with E-state index in [2.05, 4.69) is 9.80 Å². The molecule has 0 aliphatic carbocycles. The standard InChI is InChI=1S/C20H23F3N2O2/c1-27-18-8-6-17(7-9-18)25-12-10-24(11-13-25)14-19(26)15-2-4-16(5-3-15)20(21,22)23/h2-9,19,26H,10-14H2,1H3. The van der Waals surface area contributed by atoms with Crippen LogP contribution in [0, 0.1) is 0 Å². The van der Waals surface area contributed by atoms with E-state index < -0.39 is 17.8 Å². The van der Waals surface area contributed by atoms with Crippen LogP contribution in [0.2, 0.25) is 0 Å². The van der Waals surface area contributed by atoms with Gasteiger partial charge in [-0.1, -0.05) is 12.1 Å². The number of ether oxygens (including phenoxy) is 1. The Morgan fingerprint density at radius 1 is 0.963 bits per heavy atom. The molecule has 1 aliphatic rings. The summed E-state index contributed by atoms with van der Waals surface area (Å²) in [7, 11) is 1.63. The van der Waals surface area contributed by atoms with Crippen molar-refractivity contribution in [2.75, 3.05) is 44.7 Å². The SMILES string of the molecule is COc1ccc(N2CCN(CC(O)c3ccc(C(F)(F)F)cc3)CC2)cc1. The summed E-state index contributed by atoms with van der Waals surface area (Å²) < 4.78 is 43.1. The highest BCUT2D eigenvalue weighted by molar-refractivity contribution is 5.49. The van der Waals surface area contributed by atoms with Crippen LogP contribution >= 0.6 is 0 Å². The third kappa shape index (κ3) is 4.93. The maximum atomic E-state index is 12.6. The van der Waals surface area contributed by atoms with Crippen molar-refractivity contribution in [1.29, 1.82) is 0 Å². The molecule has 146 valence electrons. The molecule has 0 radical (unpaired) electrons. The number of methoxy groups -OCH3 is 1. The fourth-order valence-corrected chi connectivity index (χ4v) is 3.23. The first-order valence-corrected chi connectivity index (χ1v) is 8.83. The first-order chi connectivity index (χ1) is 12.9. The zero-order valence-corrected chi connectivity index (χ0v) is 15.1. The highest BCUT2D eigenvalue weighted by atomic mass is 19.4. The van der Waals surface area contributed by atoms with Gasteiger partial charge in [0.1, 0.15) is 5.75 Å². The number of aliphatic hydroxyl groups is 1. The van der Waals surface area contributed by atoms with Crippen LogP contribution in [0.4, 0.5) is 18.9 Å². The fourth-order valence-electron chi connectivity index (χ4n) is 3.23. The number of β-amino-alcohol motifs (C(OH)–C–C–N with tert-alkyl or cyclic N) is 1. The number of alkyl halides is 3. The molecule has 0 amide bonds. The second-order valence-corrected chi connectivity index (χ2v) is 6.62. The molecule has 27 heavy (non-hydrogen) atoms. The lowest BCUT2D eigenvalue weighted by Crippen LogP contribution is -2.47. The topological polar surface area (TPSA) is 35.9 Å². The quantitative estimate of drug-likeness (QED) is 0.860. The third-order valence-corrected chi connectivity index (χ3v) is 4.86. The van der Waals surface area contributed by atoms with Crippen molar-refractivity contribution in [2.24, 2.45) is 0 Å². The van der Waals surface area contributed by atoms with E-state index in [1.54, 1.807) is 7.11 Å². The second kappa shape index (κ2) is 8.19. The summed E-state index contributed by atoms with van der Waals surface area (Å²) in [5, 5.41) is 10.4. The van der Waals surface area contributed by atoms with Crippen molar-refractivity contribution in [1.82, 2.24) is 4.90 Å². The van der Waals surface area contributed by atoms with Gasteiger partial charge in [-0.25, -0.2) is 0 Å². The van der Waals surface area contributed by atoms with Gasteiger partial charge in [-0.2, -0.15) is 13.2 Å². The predicted octanol–water partition coefficient (Wildman–Crippen LogP) is 3.57. The van der Waals surface area contributed by atoms with Crippen LogP contribution in [-0.4, -0.2) is 49.8 Å². The number of anilines is 1. The van der Waals surface area contributed by atoms with Gasteiger partial charge in [0, 0.05) is 38.4 Å². The fraction of sp³-hybridized carbons (Fsp3) is 0.400. The van der Waals surface area contributed by atoms with Gasteiger partial charge in [0.05, 0.1) is 18.8 Å². The summed E-state index contributed by atoms with van der Waals surface area (Å²) in [6.07, 6.45) is -5.17. The third-order valence-electron chi connectivity index (χ3n) is 4.86. The monoisotopic (exact) mass is 380 g/mol. The maximum Gasteiger partial charge on any atom is 0.416 e. The number of benzene rings is 2. The Kier molecular flexibility index (Phi) is 5.92. The van der Waals surface area contributed by atoms with E-state index >= 15 is 0 Å².